The number of benzene rings is 2. The molecule has 0 radical (unpaired) electrons. The Morgan fingerprint density at radius 3 is 2.57 bits per heavy atom. The van der Waals surface area contributed by atoms with Gasteiger partial charge >= 0.3 is 5.97 Å². The fourth-order valence-corrected chi connectivity index (χ4v) is 3.08. The molecule has 1 unspecified atom stereocenters. The van der Waals surface area contributed by atoms with E-state index in [9.17, 15) is 9.59 Å². The minimum Gasteiger partial charge on any atom is -0.449 e. The van der Waals surface area contributed by atoms with Crippen LogP contribution in [0.3, 0.4) is 0 Å². The molecule has 3 aromatic rings. The lowest BCUT2D eigenvalue weighted by atomic mass is 10.1. The predicted molar refractivity (Wildman–Crippen MR) is 111 cm³/mol. The molecule has 1 amide bonds. The average molecular weight is 415 g/mol. The van der Waals surface area contributed by atoms with Gasteiger partial charge in [0.25, 0.3) is 5.91 Å². The maximum Gasteiger partial charge on any atom is 0.331 e. The van der Waals surface area contributed by atoms with E-state index in [1.807, 2.05) is 30.3 Å². The third-order valence-corrected chi connectivity index (χ3v) is 4.29. The monoisotopic (exact) mass is 414 g/mol. The third kappa shape index (κ3) is 5.09. The number of para-hydroxylation sites is 1. The number of nitrogens with one attached hydrogen (secondary N) is 1. The standard InChI is InChI=1S/C21H16Cl2N2O3/c1-13(21(27)25-18-11-16(22)10-17(23)12-18)28-19(26)8-7-15-5-2-4-14-6-3-9-24-20(14)15/h2-13H,1H3,(H,25,27)/b8-7+. The summed E-state index contributed by atoms with van der Waals surface area (Å²) in [6.45, 7) is 1.48. The van der Waals surface area contributed by atoms with E-state index in [1.54, 1.807) is 30.5 Å². The topological polar surface area (TPSA) is 68.3 Å². The Balaban J connectivity index is 1.63. The Morgan fingerprint density at radius 1 is 1.11 bits per heavy atom. The van der Waals surface area contributed by atoms with Crippen LogP contribution in [0, 0.1) is 0 Å². The van der Waals surface area contributed by atoms with Crippen LogP contribution in [-0.4, -0.2) is 23.0 Å². The molecule has 1 aromatic heterocycles. The molecule has 2 aromatic carbocycles. The number of carbonyl (C=O) groups is 2. The molecule has 5 nitrogen and oxygen atoms in total. The molecule has 1 heterocycles. The normalized spacial score (nSPS) is 12.1. The number of amides is 1. The van der Waals surface area contributed by atoms with Crippen molar-refractivity contribution in [3.05, 3.63) is 76.4 Å². The summed E-state index contributed by atoms with van der Waals surface area (Å²) < 4.78 is 5.15. The maximum absolute atomic E-state index is 12.2. The number of halogens is 2. The van der Waals surface area contributed by atoms with E-state index in [0.29, 0.717) is 15.7 Å². The first-order chi connectivity index (χ1) is 13.4. The van der Waals surface area contributed by atoms with Crippen LogP contribution in [0.25, 0.3) is 17.0 Å². The van der Waals surface area contributed by atoms with Crippen molar-refractivity contribution in [2.24, 2.45) is 0 Å². The summed E-state index contributed by atoms with van der Waals surface area (Å²) in [7, 11) is 0. The number of ether oxygens (including phenoxy) is 1. The molecule has 0 saturated heterocycles. The van der Waals surface area contributed by atoms with Gasteiger partial charge in [-0.3, -0.25) is 9.78 Å². The Kier molecular flexibility index (Phi) is 6.29. The molecule has 142 valence electrons. The zero-order chi connectivity index (χ0) is 20.1. The number of aromatic nitrogens is 1. The van der Waals surface area contributed by atoms with Crippen LogP contribution in [0.15, 0.2) is 60.8 Å². The molecule has 0 aliphatic rings. The minimum absolute atomic E-state index is 0.388. The fourth-order valence-electron chi connectivity index (χ4n) is 2.56. The summed E-state index contributed by atoms with van der Waals surface area (Å²) in [6, 6.07) is 14.1. The Hall–Kier alpha value is -2.89. The molecule has 0 aliphatic heterocycles. The third-order valence-electron chi connectivity index (χ3n) is 3.86. The van der Waals surface area contributed by atoms with Gasteiger partial charge in [-0.1, -0.05) is 47.5 Å². The highest BCUT2D eigenvalue weighted by atomic mass is 35.5. The number of nitrogens with zero attached hydrogens (tertiary/aromatic N) is 1. The number of hydrogen-bond donors (Lipinski definition) is 1. The van der Waals surface area contributed by atoms with E-state index in [0.717, 1.165) is 16.5 Å². The zero-order valence-electron chi connectivity index (χ0n) is 14.9. The van der Waals surface area contributed by atoms with Crippen molar-refractivity contribution in [1.82, 2.24) is 4.98 Å². The van der Waals surface area contributed by atoms with Crippen LogP contribution >= 0.6 is 23.2 Å². The van der Waals surface area contributed by atoms with Gasteiger partial charge in [0.2, 0.25) is 0 Å². The molecular weight excluding hydrogens is 399 g/mol. The van der Waals surface area contributed by atoms with Crippen molar-refractivity contribution in [2.75, 3.05) is 5.32 Å². The zero-order valence-corrected chi connectivity index (χ0v) is 16.4. The Bertz CT molecular complexity index is 1040. The summed E-state index contributed by atoms with van der Waals surface area (Å²) >= 11 is 11.8. The van der Waals surface area contributed by atoms with Gasteiger partial charge in [-0.25, -0.2) is 4.79 Å². The van der Waals surface area contributed by atoms with Gasteiger partial charge in [-0.2, -0.15) is 0 Å². The number of rotatable bonds is 5. The van der Waals surface area contributed by atoms with E-state index in [2.05, 4.69) is 10.3 Å². The number of hydrogen-bond acceptors (Lipinski definition) is 4. The number of carbonyl (C=O) groups excluding carboxylic acids is 2. The quantitative estimate of drug-likeness (QED) is 0.464. The van der Waals surface area contributed by atoms with Crippen molar-refractivity contribution in [3.8, 4) is 0 Å². The van der Waals surface area contributed by atoms with Crippen LogP contribution < -0.4 is 5.32 Å². The van der Waals surface area contributed by atoms with Gasteiger partial charge in [0.15, 0.2) is 6.10 Å². The van der Waals surface area contributed by atoms with Gasteiger partial charge in [0, 0.05) is 39.0 Å². The van der Waals surface area contributed by atoms with Gasteiger partial charge in [0.05, 0.1) is 5.52 Å². The van der Waals surface area contributed by atoms with Crippen LogP contribution in [0.4, 0.5) is 5.69 Å². The van der Waals surface area contributed by atoms with Gasteiger partial charge < -0.3 is 10.1 Å². The molecule has 0 bridgehead atoms. The first kappa shape index (κ1) is 19.9. The molecule has 0 aliphatic carbocycles. The molecular formula is C21H16Cl2N2O3. The lowest BCUT2D eigenvalue weighted by Crippen LogP contribution is -2.29. The van der Waals surface area contributed by atoms with Crippen LogP contribution in [-0.2, 0) is 14.3 Å². The van der Waals surface area contributed by atoms with E-state index in [4.69, 9.17) is 27.9 Å². The second kappa shape index (κ2) is 8.87. The van der Waals surface area contributed by atoms with Crippen molar-refractivity contribution in [3.63, 3.8) is 0 Å². The molecule has 0 fully saturated rings. The predicted octanol–water partition coefficient (Wildman–Crippen LogP) is 5.13. The highest BCUT2D eigenvalue weighted by Crippen LogP contribution is 2.22. The highest BCUT2D eigenvalue weighted by molar-refractivity contribution is 6.35. The SMILES string of the molecule is CC(OC(=O)/C=C/c1cccc2cccnc12)C(=O)Nc1cc(Cl)cc(Cl)c1. The average Bonchev–Trinajstić information content (AvgIpc) is 2.65. The van der Waals surface area contributed by atoms with Crippen molar-refractivity contribution in [2.45, 2.75) is 13.0 Å². The van der Waals surface area contributed by atoms with E-state index < -0.39 is 18.0 Å². The van der Waals surface area contributed by atoms with Crippen molar-refractivity contribution >= 4 is 57.7 Å². The second-order valence-electron chi connectivity index (χ2n) is 5.98. The Morgan fingerprint density at radius 2 is 1.82 bits per heavy atom. The number of fused-ring (bicyclic) bond motifs is 1. The highest BCUT2D eigenvalue weighted by Gasteiger charge is 2.17. The number of pyridine rings is 1. The second-order valence-corrected chi connectivity index (χ2v) is 6.86. The van der Waals surface area contributed by atoms with Gasteiger partial charge in [-0.05, 0) is 37.3 Å². The number of anilines is 1. The van der Waals surface area contributed by atoms with Crippen LogP contribution in [0.5, 0.6) is 0 Å². The molecule has 1 N–H and O–H groups in total. The smallest absolute Gasteiger partial charge is 0.331 e. The number of esters is 1. The van der Waals surface area contributed by atoms with E-state index in [-0.39, 0.29) is 0 Å². The van der Waals surface area contributed by atoms with E-state index >= 15 is 0 Å². The summed E-state index contributed by atoms with van der Waals surface area (Å²) in [4.78, 5) is 28.6. The maximum atomic E-state index is 12.2. The fraction of sp³-hybridized carbons (Fsp3) is 0.0952. The van der Waals surface area contributed by atoms with Crippen LogP contribution in [0.1, 0.15) is 12.5 Å². The molecule has 0 spiro atoms. The van der Waals surface area contributed by atoms with Gasteiger partial charge in [0.1, 0.15) is 0 Å². The minimum atomic E-state index is -0.999. The lowest BCUT2D eigenvalue weighted by molar-refractivity contribution is -0.148. The summed E-state index contributed by atoms with van der Waals surface area (Å²) in [6.07, 6.45) is 3.57. The van der Waals surface area contributed by atoms with E-state index in [1.165, 1.54) is 13.0 Å². The first-order valence-electron chi connectivity index (χ1n) is 8.42. The molecule has 3 rings (SSSR count). The first-order valence-corrected chi connectivity index (χ1v) is 9.17. The van der Waals surface area contributed by atoms with Crippen molar-refractivity contribution in [1.29, 1.82) is 0 Å². The van der Waals surface area contributed by atoms with Gasteiger partial charge in [-0.15, -0.1) is 0 Å². The molecule has 7 heteroatoms. The summed E-state index contributed by atoms with van der Waals surface area (Å²) in [5.41, 5.74) is 1.97. The molecule has 0 saturated carbocycles. The lowest BCUT2D eigenvalue weighted by Gasteiger charge is -2.12. The summed E-state index contributed by atoms with van der Waals surface area (Å²) in [5, 5.41) is 4.35. The molecule has 28 heavy (non-hydrogen) atoms. The van der Waals surface area contributed by atoms with Crippen molar-refractivity contribution < 1.29 is 14.3 Å². The summed E-state index contributed by atoms with van der Waals surface area (Å²) in [5.74, 6) is -1.13. The van der Waals surface area contributed by atoms with Crippen LogP contribution in [0.2, 0.25) is 10.0 Å². The molecule has 1 atom stereocenters. The largest absolute Gasteiger partial charge is 0.449 e. The Labute approximate surface area is 171 Å².